The molecule has 0 spiro atoms. The molecule has 1 aromatic rings. The maximum absolute atomic E-state index is 10.3. The molecule has 8 heteroatoms. The first-order chi connectivity index (χ1) is 5.47. The van der Waals surface area contributed by atoms with Gasteiger partial charge in [0.15, 0.2) is 0 Å². The number of rotatable bonds is 3. The Hall–Kier alpha value is 0.956. The van der Waals surface area contributed by atoms with E-state index in [1.807, 2.05) is 0 Å². The van der Waals surface area contributed by atoms with E-state index in [0.29, 0.717) is 49.0 Å². The van der Waals surface area contributed by atoms with E-state index in [9.17, 15) is 4.57 Å². The third-order valence-corrected chi connectivity index (χ3v) is 2.38. The van der Waals surface area contributed by atoms with Gasteiger partial charge in [0, 0.05) is 0 Å². The Kier molecular flexibility index (Phi) is 4.09. The zero-order valence-corrected chi connectivity index (χ0v) is 10.4. The summed E-state index contributed by atoms with van der Waals surface area (Å²) in [6, 6.07) is 0. The second-order valence-corrected chi connectivity index (χ2v) is 5.35. The molecule has 0 atom stereocenters. The van der Waals surface area contributed by atoms with Crippen LogP contribution in [0.5, 0.6) is 0 Å². The Morgan fingerprint density at radius 3 is 2.83 bits per heavy atom. The first-order valence-electron chi connectivity index (χ1n) is 3.16. The van der Waals surface area contributed by atoms with Gasteiger partial charge in [-0.15, -0.1) is 0 Å². The van der Waals surface area contributed by atoms with Crippen molar-refractivity contribution in [1.82, 2.24) is 9.78 Å². The van der Waals surface area contributed by atoms with Crippen LogP contribution in [0.3, 0.4) is 0 Å². The van der Waals surface area contributed by atoms with E-state index in [2.05, 4.69) is 9.62 Å². The number of aromatic nitrogens is 2. The zero-order chi connectivity index (χ0) is 9.19. The van der Waals surface area contributed by atoms with Crippen molar-refractivity contribution in [2.24, 2.45) is 0 Å². The van der Waals surface area contributed by atoms with Gasteiger partial charge in [-0.3, -0.25) is 0 Å². The number of hydrogen-bond donors (Lipinski definition) is 2. The van der Waals surface area contributed by atoms with E-state index < -0.39 is 7.82 Å². The third kappa shape index (κ3) is 4.27. The van der Waals surface area contributed by atoms with Crippen molar-refractivity contribution in [3.63, 3.8) is 0 Å². The minimum atomic E-state index is -4.37. The van der Waals surface area contributed by atoms with Gasteiger partial charge in [-0.2, -0.15) is 0 Å². The monoisotopic (exact) mass is 216 g/mol. The fraction of sp³-hybridized carbons (Fsp3) is 0.250. The molecule has 0 aromatic carbocycles. The summed E-state index contributed by atoms with van der Waals surface area (Å²) in [4.78, 5) is 16.7. The molecule has 0 bridgehead atoms. The zero-order valence-electron chi connectivity index (χ0n) is 6.41. The van der Waals surface area contributed by atoms with Gasteiger partial charge in [0.1, 0.15) is 0 Å². The van der Waals surface area contributed by atoms with Gasteiger partial charge in [-0.25, -0.2) is 0 Å². The van der Waals surface area contributed by atoms with Crippen LogP contribution in [-0.4, -0.2) is 68.5 Å². The number of nitrogens with zero attached hydrogens (tertiary/aromatic N) is 2. The van der Waals surface area contributed by atoms with E-state index in [1.165, 1.54) is 4.68 Å². The van der Waals surface area contributed by atoms with Crippen molar-refractivity contribution in [3.8, 4) is 0 Å². The van der Waals surface area contributed by atoms with Crippen molar-refractivity contribution >= 4 is 56.4 Å². The summed E-state index contributed by atoms with van der Waals surface area (Å²) in [6.07, 6.45) is 3.36. The summed E-state index contributed by atoms with van der Waals surface area (Å²) in [5, 5.41) is 3.81. The molecular formula is C4H6KN2O4P. The van der Waals surface area contributed by atoms with E-state index in [-0.39, 0.29) is 6.73 Å². The number of phosphoric ester groups is 1. The van der Waals surface area contributed by atoms with Gasteiger partial charge < -0.3 is 0 Å². The Morgan fingerprint density at radius 2 is 2.42 bits per heavy atom. The van der Waals surface area contributed by atoms with Crippen molar-refractivity contribution in [1.29, 1.82) is 0 Å². The molecular weight excluding hydrogens is 210 g/mol. The molecule has 0 aliphatic heterocycles. The van der Waals surface area contributed by atoms with Crippen molar-refractivity contribution in [2.45, 2.75) is 6.73 Å². The second-order valence-electron chi connectivity index (χ2n) is 2.31. The molecule has 0 radical (unpaired) electrons. The number of phosphoric acid groups is 1. The molecule has 0 fully saturated rings. The average molecular weight is 216 g/mol. The van der Waals surface area contributed by atoms with E-state index in [0.717, 1.165) is -0.342 Å². The second kappa shape index (κ2) is 4.45. The first kappa shape index (κ1) is 11.0. The predicted molar refractivity (Wildman–Crippen MR) is 40.7 cm³/mol. The standard InChI is InChI=1S/C4H6N2O4P.K/c7-11(8,9)10-4-6-3-1-2-5-6;/h2-3H,4H2,(H2,7,8,9);. The van der Waals surface area contributed by atoms with Crippen molar-refractivity contribution in [3.05, 3.63) is 12.4 Å². The quantitative estimate of drug-likeness (QED) is 0.487. The summed E-state index contributed by atoms with van der Waals surface area (Å²) < 4.78 is 16.9. The Balaban J connectivity index is 2.49. The fourth-order valence-corrected chi connectivity index (χ4v) is 1.59. The molecule has 0 saturated heterocycles. The van der Waals surface area contributed by atoms with Crippen LogP contribution in [0.2, 0.25) is 0 Å². The van der Waals surface area contributed by atoms with Gasteiger partial charge in [0.2, 0.25) is 0 Å². The molecule has 2 N–H and O–H groups in total. The Morgan fingerprint density at radius 1 is 1.75 bits per heavy atom. The topological polar surface area (TPSA) is 84.6 Å². The van der Waals surface area contributed by atoms with Gasteiger partial charge in [0.25, 0.3) is 0 Å². The van der Waals surface area contributed by atoms with Crippen LogP contribution in [0.4, 0.5) is 0 Å². The van der Waals surface area contributed by atoms with Gasteiger partial charge in [-0.05, 0) is 0 Å². The van der Waals surface area contributed by atoms with Gasteiger partial charge >= 0.3 is 104 Å². The molecule has 62 valence electrons. The van der Waals surface area contributed by atoms with Crippen molar-refractivity contribution < 1.29 is 18.9 Å². The predicted octanol–water partition coefficient (Wildman–Crippen LogP) is -1.26. The number of hydrogen-bond acceptors (Lipinski definition) is 3. The Labute approximate surface area is 103 Å². The van der Waals surface area contributed by atoms with Gasteiger partial charge in [0.05, 0.1) is 0 Å². The van der Waals surface area contributed by atoms with Crippen LogP contribution < -0.4 is -0.342 Å². The third-order valence-electron chi connectivity index (χ3n) is 1.12. The molecule has 0 amide bonds. The van der Waals surface area contributed by atoms with E-state index in [1.54, 1.807) is 12.4 Å². The molecule has 1 heterocycles. The van der Waals surface area contributed by atoms with Crippen LogP contribution in [0.25, 0.3) is 0 Å². The summed E-state index contributed by atoms with van der Waals surface area (Å²) in [5.41, 5.74) is 0. The molecule has 1 rings (SSSR count). The van der Waals surface area contributed by atoms with Crippen LogP contribution in [0.15, 0.2) is 12.4 Å². The summed E-state index contributed by atoms with van der Waals surface area (Å²) >= 11 is 0.521. The molecule has 6 nitrogen and oxygen atoms in total. The minimum absolute atomic E-state index is 0.208. The van der Waals surface area contributed by atoms with Crippen LogP contribution in [-0.2, 0) is 15.8 Å². The van der Waals surface area contributed by atoms with Crippen LogP contribution in [0, 0.1) is 0 Å². The van der Waals surface area contributed by atoms with E-state index in [4.69, 9.17) is 9.79 Å². The molecule has 12 heavy (non-hydrogen) atoms. The normalized spacial score (nSPS) is 12.0. The van der Waals surface area contributed by atoms with Crippen molar-refractivity contribution in [2.75, 3.05) is 0 Å². The Bertz CT molecular complexity index is 308. The molecule has 1 aromatic heterocycles. The summed E-state index contributed by atoms with van der Waals surface area (Å²) in [7, 11) is -4.37. The van der Waals surface area contributed by atoms with Crippen LogP contribution >= 0.6 is 7.82 Å². The SMILES string of the molecule is O=P(O)(O)OCn1c[c]([K])cn1. The maximum atomic E-state index is 10.3. The van der Waals surface area contributed by atoms with E-state index >= 15 is 0 Å². The first-order valence-corrected chi connectivity index (χ1v) is 6.26. The van der Waals surface area contributed by atoms with Gasteiger partial charge in [-0.1, -0.05) is 0 Å². The molecule has 0 unspecified atom stereocenters. The summed E-state index contributed by atoms with van der Waals surface area (Å²) in [5.74, 6) is 0. The average Bonchev–Trinajstić information content (AvgIpc) is 2.30. The fourth-order valence-electron chi connectivity index (χ4n) is 0.672. The molecule has 0 aliphatic rings. The van der Waals surface area contributed by atoms with Crippen LogP contribution in [0.1, 0.15) is 0 Å². The summed E-state index contributed by atoms with van der Waals surface area (Å²) in [6.45, 7) is -0.208. The molecule has 0 aliphatic carbocycles. The molecule has 0 saturated carbocycles.